The molecule has 3 aromatic rings. The van der Waals surface area contributed by atoms with Crippen LogP contribution in [0.2, 0.25) is 0 Å². The summed E-state index contributed by atoms with van der Waals surface area (Å²) in [5, 5.41) is 14.0. The molecule has 2 aliphatic rings. The van der Waals surface area contributed by atoms with Crippen molar-refractivity contribution in [3.63, 3.8) is 0 Å². The highest BCUT2D eigenvalue weighted by molar-refractivity contribution is 5.97. The second-order valence-electron chi connectivity index (χ2n) is 12.2. The van der Waals surface area contributed by atoms with Gasteiger partial charge in [0.1, 0.15) is 18.0 Å². The number of amides is 3. The van der Waals surface area contributed by atoms with Crippen LogP contribution in [0.4, 0.5) is 4.79 Å². The van der Waals surface area contributed by atoms with Crippen LogP contribution in [0.25, 0.3) is 0 Å². The van der Waals surface area contributed by atoms with E-state index in [1.165, 1.54) is 11.3 Å². The molecule has 0 unspecified atom stereocenters. The number of aliphatic hydroxyl groups is 1. The molecule has 12 nitrogen and oxygen atoms in total. The maximum Gasteiger partial charge on any atom is 0.410 e. The number of nitrogens with one attached hydrogen (secondary N) is 1. The van der Waals surface area contributed by atoms with Crippen molar-refractivity contribution in [2.75, 3.05) is 32.8 Å². The number of aromatic nitrogens is 1. The summed E-state index contributed by atoms with van der Waals surface area (Å²) in [6.07, 6.45) is 0.0830. The summed E-state index contributed by atoms with van der Waals surface area (Å²) in [5.41, 5.74) is 2.68. The van der Waals surface area contributed by atoms with Gasteiger partial charge in [-0.05, 0) is 81.6 Å². The Bertz CT molecular complexity index is 1510. The number of carbonyl (C=O) groups is 3. The summed E-state index contributed by atoms with van der Waals surface area (Å²) in [6.45, 7) is 9.58. The van der Waals surface area contributed by atoms with Gasteiger partial charge in [0.2, 0.25) is 0 Å². The Morgan fingerprint density at radius 3 is 2.44 bits per heavy atom. The van der Waals surface area contributed by atoms with Gasteiger partial charge in [0.05, 0.1) is 31.1 Å². The van der Waals surface area contributed by atoms with Crippen molar-refractivity contribution in [3.05, 3.63) is 82.6 Å². The van der Waals surface area contributed by atoms with Gasteiger partial charge in [0, 0.05) is 37.3 Å². The van der Waals surface area contributed by atoms with Gasteiger partial charge in [-0.25, -0.2) is 9.78 Å². The first-order valence-electron chi connectivity index (χ1n) is 15.0. The molecule has 3 amide bonds. The Morgan fingerprint density at radius 2 is 1.78 bits per heavy atom. The zero-order valence-corrected chi connectivity index (χ0v) is 26.1. The third-order valence-corrected chi connectivity index (χ3v) is 7.80. The van der Waals surface area contributed by atoms with Crippen molar-refractivity contribution < 1.29 is 38.1 Å². The summed E-state index contributed by atoms with van der Waals surface area (Å²) in [6, 6.07) is 11.4. The van der Waals surface area contributed by atoms with E-state index in [0.717, 1.165) is 16.8 Å². The number of hydrogen-bond acceptors (Lipinski definition) is 9. The molecule has 2 atom stereocenters. The van der Waals surface area contributed by atoms with Crippen LogP contribution in [-0.2, 0) is 29.0 Å². The molecule has 5 rings (SSSR count). The van der Waals surface area contributed by atoms with Crippen molar-refractivity contribution >= 4 is 17.9 Å². The van der Waals surface area contributed by atoms with Crippen molar-refractivity contribution in [2.45, 2.75) is 65.0 Å². The summed E-state index contributed by atoms with van der Waals surface area (Å²) < 4.78 is 22.3. The molecule has 0 spiro atoms. The van der Waals surface area contributed by atoms with Gasteiger partial charge in [0.25, 0.3) is 11.8 Å². The van der Waals surface area contributed by atoms with Gasteiger partial charge in [-0.15, -0.1) is 0 Å². The third kappa shape index (κ3) is 8.00. The lowest BCUT2D eigenvalue weighted by Gasteiger charge is -2.40. The van der Waals surface area contributed by atoms with Crippen LogP contribution < -0.4 is 10.1 Å². The molecule has 2 N–H and O–H groups in total. The first-order valence-corrected chi connectivity index (χ1v) is 15.0. The molecule has 45 heavy (non-hydrogen) atoms. The standard InChI is InChI=1S/C33H40N4O8/c1-21-29(44-20-35-21)19-43-26-10-9-24-16-27(37(18-25(24)15-26)32(41)45-33(2,3)4)28(38)17-34-30(39)22-5-7-23(8-6-22)31(40)36-11-13-42-14-12-36/h5-10,15,20,27-28,38H,11-14,16-19H2,1-4H3,(H,34,39)/t27-,28+/m0/s1. The van der Waals surface area contributed by atoms with Crippen molar-refractivity contribution in [1.82, 2.24) is 20.1 Å². The summed E-state index contributed by atoms with van der Waals surface area (Å²) in [7, 11) is 0. The fourth-order valence-corrected chi connectivity index (χ4v) is 5.30. The van der Waals surface area contributed by atoms with Crippen LogP contribution in [0.1, 0.15) is 64.1 Å². The Kier molecular flexibility index (Phi) is 9.74. The quantitative estimate of drug-likeness (QED) is 0.387. The van der Waals surface area contributed by atoms with Crippen molar-refractivity contribution in [1.29, 1.82) is 0 Å². The van der Waals surface area contributed by atoms with E-state index in [1.54, 1.807) is 49.9 Å². The number of ether oxygens (including phenoxy) is 3. The fourth-order valence-electron chi connectivity index (χ4n) is 5.30. The number of rotatable bonds is 8. The number of nitrogens with zero attached hydrogens (tertiary/aromatic N) is 3. The maximum atomic E-state index is 13.3. The van der Waals surface area contributed by atoms with Crippen molar-refractivity contribution in [2.24, 2.45) is 0 Å². The van der Waals surface area contributed by atoms with Gasteiger partial charge < -0.3 is 34.0 Å². The van der Waals surface area contributed by atoms with Gasteiger partial charge in [-0.2, -0.15) is 0 Å². The predicted molar refractivity (Wildman–Crippen MR) is 163 cm³/mol. The fraction of sp³-hybridized carbons (Fsp3) is 0.455. The molecule has 1 aromatic heterocycles. The molecule has 1 fully saturated rings. The Labute approximate surface area is 262 Å². The molecule has 0 radical (unpaired) electrons. The minimum atomic E-state index is -1.08. The molecular formula is C33H40N4O8. The molecule has 240 valence electrons. The summed E-state index contributed by atoms with van der Waals surface area (Å²) >= 11 is 0. The van der Waals surface area contributed by atoms with E-state index in [0.29, 0.717) is 55.4 Å². The van der Waals surface area contributed by atoms with Gasteiger partial charge in [-0.1, -0.05) is 6.07 Å². The van der Waals surface area contributed by atoms with Gasteiger partial charge in [-0.3, -0.25) is 14.5 Å². The number of aryl methyl sites for hydroxylation is 1. The average Bonchev–Trinajstić information content (AvgIpc) is 3.45. The Morgan fingerprint density at radius 1 is 1.07 bits per heavy atom. The number of benzene rings is 2. The summed E-state index contributed by atoms with van der Waals surface area (Å²) in [5.74, 6) is 0.732. The predicted octanol–water partition coefficient (Wildman–Crippen LogP) is 3.49. The molecule has 0 bridgehead atoms. The van der Waals surface area contributed by atoms with Crippen LogP contribution in [0.3, 0.4) is 0 Å². The van der Waals surface area contributed by atoms with Crippen LogP contribution in [0, 0.1) is 6.92 Å². The van der Waals surface area contributed by atoms with Crippen molar-refractivity contribution in [3.8, 4) is 5.75 Å². The number of hydrogen-bond donors (Lipinski definition) is 2. The normalized spacial score (nSPS) is 17.3. The monoisotopic (exact) mass is 620 g/mol. The van der Waals surface area contributed by atoms with E-state index in [1.807, 2.05) is 25.1 Å². The van der Waals surface area contributed by atoms with Crippen LogP contribution >= 0.6 is 0 Å². The Hall–Kier alpha value is -4.42. The zero-order chi connectivity index (χ0) is 32.1. The lowest BCUT2D eigenvalue weighted by molar-refractivity contribution is -0.0113. The minimum Gasteiger partial charge on any atom is -0.486 e. The van der Waals surface area contributed by atoms with Gasteiger partial charge >= 0.3 is 6.09 Å². The number of aliphatic hydroxyl groups excluding tert-OH is 1. The van der Waals surface area contributed by atoms with Gasteiger partial charge in [0.15, 0.2) is 12.2 Å². The molecule has 12 heteroatoms. The molecule has 3 heterocycles. The van der Waals surface area contributed by atoms with Crippen LogP contribution in [-0.4, -0.2) is 88.4 Å². The van der Waals surface area contributed by atoms with E-state index in [2.05, 4.69) is 10.3 Å². The lowest BCUT2D eigenvalue weighted by Crippen LogP contribution is -2.54. The molecule has 2 aromatic carbocycles. The maximum absolute atomic E-state index is 13.3. The van der Waals surface area contributed by atoms with E-state index in [4.69, 9.17) is 18.6 Å². The lowest BCUT2D eigenvalue weighted by atomic mass is 9.91. The first kappa shape index (κ1) is 32.0. The second kappa shape index (κ2) is 13.7. The third-order valence-electron chi connectivity index (χ3n) is 7.80. The second-order valence-corrected chi connectivity index (χ2v) is 12.2. The van der Waals surface area contributed by atoms with E-state index in [9.17, 15) is 19.5 Å². The smallest absolute Gasteiger partial charge is 0.410 e. The average molecular weight is 621 g/mol. The highest BCUT2D eigenvalue weighted by Gasteiger charge is 2.37. The van der Waals surface area contributed by atoms with Crippen LogP contribution in [0.15, 0.2) is 53.3 Å². The number of carbonyl (C=O) groups excluding carboxylic acids is 3. The molecule has 0 aliphatic carbocycles. The number of fused-ring (bicyclic) bond motifs is 1. The minimum absolute atomic E-state index is 0.0929. The van der Waals surface area contributed by atoms with Crippen LogP contribution in [0.5, 0.6) is 5.75 Å². The molecule has 0 saturated carbocycles. The molecule has 1 saturated heterocycles. The highest BCUT2D eigenvalue weighted by atomic mass is 16.6. The largest absolute Gasteiger partial charge is 0.486 e. The van der Waals surface area contributed by atoms with E-state index < -0.39 is 29.7 Å². The number of morpholine rings is 1. The highest BCUT2D eigenvalue weighted by Crippen LogP contribution is 2.30. The zero-order valence-electron chi connectivity index (χ0n) is 26.1. The molecular weight excluding hydrogens is 580 g/mol. The first-order chi connectivity index (χ1) is 21.5. The summed E-state index contributed by atoms with van der Waals surface area (Å²) in [4.78, 5) is 46.3. The Balaban J connectivity index is 1.24. The van der Waals surface area contributed by atoms with E-state index >= 15 is 0 Å². The van der Waals surface area contributed by atoms with E-state index in [-0.39, 0.29) is 25.6 Å². The molecule has 2 aliphatic heterocycles. The SMILES string of the molecule is Cc1ncoc1COc1ccc2c(c1)CN(C(=O)OC(C)(C)C)[C@H]([C@H](O)CNC(=O)c1ccc(C(=O)N3CCOCC3)cc1)C2. The topological polar surface area (TPSA) is 144 Å². The number of oxazole rings is 1.